The van der Waals surface area contributed by atoms with Gasteiger partial charge >= 0.3 is 0 Å². The molecule has 0 aromatic heterocycles. The van der Waals surface area contributed by atoms with E-state index in [0.29, 0.717) is 5.56 Å². The lowest BCUT2D eigenvalue weighted by Crippen LogP contribution is -2.57. The number of hydrogen-bond donors (Lipinski definition) is 0. The van der Waals surface area contributed by atoms with E-state index in [2.05, 4.69) is 0 Å². The smallest absolute Gasteiger partial charge is 0.273 e. The molecule has 178 valence electrons. The summed E-state index contributed by atoms with van der Waals surface area (Å²) in [6.07, 6.45) is 4.80. The highest BCUT2D eigenvalue weighted by molar-refractivity contribution is 6.11. The molecule has 0 spiro atoms. The molecule has 3 aliphatic rings. The van der Waals surface area contributed by atoms with Gasteiger partial charge in [-0.2, -0.15) is 5.01 Å². The molecule has 9 heteroatoms. The van der Waals surface area contributed by atoms with E-state index >= 15 is 0 Å². The summed E-state index contributed by atoms with van der Waals surface area (Å²) in [4.78, 5) is 64.9. The Morgan fingerprint density at radius 1 is 0.971 bits per heavy atom. The minimum absolute atomic E-state index is 0.0358. The number of non-ortho nitro benzene ring substituents is 1. The quantitative estimate of drug-likeness (QED) is 0.200. The number of hydrazine groups is 1. The number of carbonyl (C=O) groups is 4. The van der Waals surface area contributed by atoms with E-state index < -0.39 is 46.3 Å². The number of carbonyl (C=O) groups excluding carboxylic acids is 4. The van der Waals surface area contributed by atoms with Crippen LogP contribution in [0.5, 0.6) is 0 Å². The molecule has 0 N–H and O–H groups in total. The lowest BCUT2D eigenvalue weighted by atomic mass is 9.85. The van der Waals surface area contributed by atoms with Crippen molar-refractivity contribution in [1.29, 1.82) is 0 Å². The molecule has 2 bridgehead atoms. The molecule has 9 nitrogen and oxygen atoms in total. The van der Waals surface area contributed by atoms with Crippen LogP contribution in [0.15, 0.2) is 66.7 Å². The van der Waals surface area contributed by atoms with Crippen molar-refractivity contribution in [3.8, 4) is 0 Å². The molecule has 3 amide bonds. The van der Waals surface area contributed by atoms with Crippen molar-refractivity contribution < 1.29 is 24.1 Å². The minimum Gasteiger partial charge on any atom is -0.292 e. The molecule has 0 unspecified atom stereocenters. The van der Waals surface area contributed by atoms with E-state index in [-0.39, 0.29) is 29.5 Å². The Kier molecular flexibility index (Phi) is 5.55. The predicted molar refractivity (Wildman–Crippen MR) is 124 cm³/mol. The Hall–Kier alpha value is -4.14. The molecule has 35 heavy (non-hydrogen) atoms. The lowest BCUT2D eigenvalue weighted by molar-refractivity contribution is -0.384. The van der Waals surface area contributed by atoms with Gasteiger partial charge in [-0.1, -0.05) is 49.4 Å². The van der Waals surface area contributed by atoms with E-state index in [0.717, 1.165) is 16.4 Å². The van der Waals surface area contributed by atoms with Gasteiger partial charge < -0.3 is 0 Å². The summed E-state index contributed by atoms with van der Waals surface area (Å²) in [7, 11) is 0. The number of rotatable bonds is 7. The molecular formula is C26H23N3O6. The number of nitro groups is 1. The molecule has 0 radical (unpaired) electrons. The number of amides is 3. The first kappa shape index (κ1) is 22.6. The van der Waals surface area contributed by atoms with Crippen molar-refractivity contribution in [2.45, 2.75) is 25.8 Å². The van der Waals surface area contributed by atoms with Crippen molar-refractivity contribution >= 4 is 29.2 Å². The van der Waals surface area contributed by atoms with Crippen molar-refractivity contribution in [2.24, 2.45) is 23.7 Å². The zero-order valence-electron chi connectivity index (χ0n) is 18.9. The maximum atomic E-state index is 13.8. The van der Waals surface area contributed by atoms with Gasteiger partial charge in [0.1, 0.15) is 6.04 Å². The first-order valence-electron chi connectivity index (χ1n) is 11.6. The third kappa shape index (κ3) is 3.54. The second-order valence-corrected chi connectivity index (χ2v) is 9.10. The molecule has 1 saturated carbocycles. The number of fused-ring (bicyclic) bond motifs is 5. The van der Waals surface area contributed by atoms with Crippen molar-refractivity contribution in [2.75, 3.05) is 0 Å². The van der Waals surface area contributed by atoms with Gasteiger partial charge in [-0.25, -0.2) is 5.01 Å². The maximum Gasteiger partial charge on any atom is 0.273 e. The zero-order chi connectivity index (χ0) is 24.9. The van der Waals surface area contributed by atoms with E-state index in [9.17, 15) is 29.3 Å². The summed E-state index contributed by atoms with van der Waals surface area (Å²) in [6, 6.07) is 12.2. The number of hydrogen-bond acceptors (Lipinski definition) is 6. The van der Waals surface area contributed by atoms with Crippen LogP contribution in [0.2, 0.25) is 0 Å². The number of nitro benzene ring substituents is 1. The number of Topliss-reactive ketones (excluding diaryl/α,β-unsaturated/α-hetero) is 1. The molecule has 1 saturated heterocycles. The second kappa shape index (κ2) is 8.57. The number of imide groups is 1. The van der Waals surface area contributed by atoms with Crippen LogP contribution < -0.4 is 0 Å². The summed E-state index contributed by atoms with van der Waals surface area (Å²) in [5.74, 6) is -3.32. The van der Waals surface area contributed by atoms with Crippen molar-refractivity contribution in [3.63, 3.8) is 0 Å². The Morgan fingerprint density at radius 2 is 1.54 bits per heavy atom. The highest BCUT2D eigenvalue weighted by atomic mass is 16.6. The van der Waals surface area contributed by atoms with Crippen LogP contribution in [0.1, 0.15) is 40.5 Å². The summed E-state index contributed by atoms with van der Waals surface area (Å²) < 4.78 is 0. The standard InChI is InChI=1S/C26H23N3O6/c1-2-20(23(30)15-6-4-3-5-7-15)27(24(31)16-10-12-19(13-11-16)29(34)35)28-25(32)21-17-8-9-18(14-17)22(21)26(28)33/h3-13,17-18,20-22H,2,14H2,1H3/t17-,18-,20+,21+,22+/m0/s1. The normalized spacial score (nSPS) is 25.0. The van der Waals surface area contributed by atoms with Crippen LogP contribution in [0, 0.1) is 33.8 Å². The maximum absolute atomic E-state index is 13.8. The highest BCUT2D eigenvalue weighted by Gasteiger charge is 2.62. The number of ketones is 1. The Labute approximate surface area is 201 Å². The van der Waals surface area contributed by atoms with Crippen LogP contribution >= 0.6 is 0 Å². The first-order valence-corrected chi connectivity index (χ1v) is 11.6. The number of allylic oxidation sites excluding steroid dienone is 2. The molecular weight excluding hydrogens is 450 g/mol. The molecule has 2 fully saturated rings. The third-order valence-corrected chi connectivity index (χ3v) is 7.24. The fraction of sp³-hybridized carbons (Fsp3) is 0.308. The highest BCUT2D eigenvalue weighted by Crippen LogP contribution is 2.53. The van der Waals surface area contributed by atoms with Crippen LogP contribution in [0.4, 0.5) is 5.69 Å². The SMILES string of the molecule is CC[C@H](C(=O)c1ccccc1)N(C(=O)c1ccc([N+](=O)[O-])cc1)N1C(=O)[C@H]2[C@H](C1=O)[C@H]1C=C[C@H]2C1. The average molecular weight is 473 g/mol. The summed E-state index contributed by atoms with van der Waals surface area (Å²) in [5.41, 5.74) is 0.182. The van der Waals surface area contributed by atoms with Gasteiger partial charge in [0.25, 0.3) is 23.4 Å². The fourth-order valence-electron chi connectivity index (χ4n) is 5.59. The van der Waals surface area contributed by atoms with Crippen LogP contribution in [0.25, 0.3) is 0 Å². The third-order valence-electron chi connectivity index (χ3n) is 7.24. The van der Waals surface area contributed by atoms with E-state index in [1.165, 1.54) is 24.3 Å². The largest absolute Gasteiger partial charge is 0.292 e. The van der Waals surface area contributed by atoms with Crippen LogP contribution in [-0.4, -0.2) is 44.5 Å². The number of nitrogens with zero attached hydrogens (tertiary/aromatic N) is 3. The van der Waals surface area contributed by atoms with Gasteiger partial charge in [-0.15, -0.1) is 0 Å². The van der Waals surface area contributed by atoms with E-state index in [1.54, 1.807) is 37.3 Å². The van der Waals surface area contributed by atoms with Crippen molar-refractivity contribution in [1.82, 2.24) is 10.0 Å². The molecule has 1 aliphatic heterocycles. The molecule has 2 aromatic carbocycles. The number of benzene rings is 2. The lowest BCUT2D eigenvalue weighted by Gasteiger charge is -2.36. The topological polar surface area (TPSA) is 118 Å². The molecule has 2 aromatic rings. The molecule has 5 rings (SSSR count). The second-order valence-electron chi connectivity index (χ2n) is 9.10. The Bertz CT molecular complexity index is 1230. The fourth-order valence-corrected chi connectivity index (χ4v) is 5.59. The van der Waals surface area contributed by atoms with E-state index in [1.807, 2.05) is 12.2 Å². The van der Waals surface area contributed by atoms with Gasteiger partial charge in [0.2, 0.25) is 0 Å². The average Bonchev–Trinajstić information content (AvgIpc) is 3.56. The minimum atomic E-state index is -1.11. The predicted octanol–water partition coefficient (Wildman–Crippen LogP) is 3.42. The van der Waals surface area contributed by atoms with E-state index in [4.69, 9.17) is 0 Å². The van der Waals surface area contributed by atoms with Gasteiger partial charge in [0.15, 0.2) is 5.78 Å². The summed E-state index contributed by atoms with van der Waals surface area (Å²) in [5, 5.41) is 12.9. The summed E-state index contributed by atoms with van der Waals surface area (Å²) >= 11 is 0. The Morgan fingerprint density at radius 3 is 2.06 bits per heavy atom. The van der Waals surface area contributed by atoms with Crippen LogP contribution in [-0.2, 0) is 9.59 Å². The first-order chi connectivity index (χ1) is 16.8. The zero-order valence-corrected chi connectivity index (χ0v) is 18.9. The van der Waals surface area contributed by atoms with Crippen molar-refractivity contribution in [3.05, 3.63) is 88.0 Å². The molecule has 1 heterocycles. The van der Waals surface area contributed by atoms with Gasteiger partial charge in [0.05, 0.1) is 16.8 Å². The molecule has 5 atom stereocenters. The van der Waals surface area contributed by atoms with Crippen LogP contribution in [0.3, 0.4) is 0 Å². The van der Waals surface area contributed by atoms with Gasteiger partial charge in [-0.05, 0) is 36.8 Å². The summed E-state index contributed by atoms with van der Waals surface area (Å²) in [6.45, 7) is 1.71. The van der Waals surface area contributed by atoms with Gasteiger partial charge in [0, 0.05) is 23.3 Å². The molecule has 2 aliphatic carbocycles. The monoisotopic (exact) mass is 473 g/mol. The van der Waals surface area contributed by atoms with Gasteiger partial charge in [-0.3, -0.25) is 29.3 Å². The Balaban J connectivity index is 1.57.